The molecule has 2 rings (SSSR count). The summed E-state index contributed by atoms with van der Waals surface area (Å²) in [4.78, 5) is 1.14. The van der Waals surface area contributed by atoms with E-state index in [0.29, 0.717) is 0 Å². The van der Waals surface area contributed by atoms with Crippen LogP contribution in [0.3, 0.4) is 0 Å². The second-order valence-electron chi connectivity index (χ2n) is 4.71. The molecule has 0 saturated carbocycles. The first-order chi connectivity index (χ1) is 8.95. The zero-order valence-electron chi connectivity index (χ0n) is 11.6. The van der Waals surface area contributed by atoms with Crippen LogP contribution in [0, 0.1) is 20.8 Å². The van der Waals surface area contributed by atoms with Gasteiger partial charge >= 0.3 is 0 Å². The lowest BCUT2D eigenvalue weighted by molar-refractivity contribution is 0.404. The fraction of sp³-hybridized carbons (Fsp3) is 0.333. The number of hydrogen-bond acceptors (Lipinski definition) is 3. The molecule has 0 amide bonds. The number of benzene rings is 1. The lowest BCUT2D eigenvalue weighted by Crippen LogP contribution is -2.12. The molecule has 1 heterocycles. The van der Waals surface area contributed by atoms with Crippen molar-refractivity contribution in [3.8, 4) is 5.75 Å². The smallest absolute Gasteiger partial charge is 0.127 e. The van der Waals surface area contributed by atoms with Gasteiger partial charge in [-0.25, -0.2) is 0 Å². The van der Waals surface area contributed by atoms with Gasteiger partial charge in [0.05, 0.1) is 16.9 Å². The summed E-state index contributed by atoms with van der Waals surface area (Å²) in [7, 11) is 1.70. The molecule has 0 radical (unpaired) electrons. The topological polar surface area (TPSA) is 35.2 Å². The molecule has 2 nitrogen and oxygen atoms in total. The summed E-state index contributed by atoms with van der Waals surface area (Å²) in [5, 5.41) is 0. The largest absolute Gasteiger partial charge is 0.496 e. The molecule has 0 bridgehead atoms. The lowest BCUT2D eigenvalue weighted by Gasteiger charge is -2.17. The van der Waals surface area contributed by atoms with E-state index in [1.165, 1.54) is 11.1 Å². The molecule has 0 fully saturated rings. The van der Waals surface area contributed by atoms with Gasteiger partial charge in [-0.2, -0.15) is 0 Å². The molecule has 1 aromatic heterocycles. The first-order valence-corrected chi connectivity index (χ1v) is 7.72. The van der Waals surface area contributed by atoms with Crippen molar-refractivity contribution in [2.24, 2.45) is 5.73 Å². The Bertz CT molecular complexity index is 587. The maximum atomic E-state index is 6.40. The molecule has 1 atom stereocenters. The van der Waals surface area contributed by atoms with E-state index in [0.717, 1.165) is 25.5 Å². The normalized spacial score (nSPS) is 12.5. The van der Waals surface area contributed by atoms with Crippen LogP contribution in [0.1, 0.15) is 33.2 Å². The first-order valence-electron chi connectivity index (χ1n) is 6.11. The second kappa shape index (κ2) is 5.65. The Labute approximate surface area is 126 Å². The summed E-state index contributed by atoms with van der Waals surface area (Å²) in [5.74, 6) is 0.898. The van der Waals surface area contributed by atoms with Gasteiger partial charge in [-0.05, 0) is 59.5 Å². The number of aryl methyl sites for hydroxylation is 2. The van der Waals surface area contributed by atoms with Crippen LogP contribution < -0.4 is 10.5 Å². The monoisotopic (exact) mass is 339 g/mol. The van der Waals surface area contributed by atoms with Crippen LogP contribution in [0.15, 0.2) is 22.0 Å². The number of hydrogen-bond donors (Lipinski definition) is 1. The van der Waals surface area contributed by atoms with E-state index < -0.39 is 0 Å². The maximum absolute atomic E-state index is 6.40. The number of nitrogens with two attached hydrogens (primary N) is 1. The molecule has 0 aliphatic heterocycles. The van der Waals surface area contributed by atoms with E-state index in [2.05, 4.69) is 54.9 Å². The molecule has 0 aliphatic carbocycles. The van der Waals surface area contributed by atoms with Crippen LogP contribution in [0.25, 0.3) is 0 Å². The highest BCUT2D eigenvalue weighted by Crippen LogP contribution is 2.37. The van der Waals surface area contributed by atoms with Gasteiger partial charge in [-0.1, -0.05) is 12.1 Å². The van der Waals surface area contributed by atoms with Crippen molar-refractivity contribution in [2.45, 2.75) is 26.8 Å². The molecule has 0 aliphatic rings. The number of halogens is 1. The standard InChI is InChI=1S/C15H18BrNOS/c1-8-5-6-11(14(18-4)10(8)3)13(17)12-7-9(2)15(16)19-12/h5-7,13H,17H2,1-4H3. The van der Waals surface area contributed by atoms with E-state index >= 15 is 0 Å². The van der Waals surface area contributed by atoms with Crippen molar-refractivity contribution in [1.82, 2.24) is 0 Å². The van der Waals surface area contributed by atoms with Gasteiger partial charge in [0.2, 0.25) is 0 Å². The minimum Gasteiger partial charge on any atom is -0.496 e. The summed E-state index contributed by atoms with van der Waals surface area (Å²) in [5.41, 5.74) is 11.0. The van der Waals surface area contributed by atoms with Crippen molar-refractivity contribution < 1.29 is 4.74 Å². The molecule has 4 heteroatoms. The third kappa shape index (κ3) is 2.71. The predicted octanol–water partition coefficient (Wildman–Crippen LogP) is 4.49. The summed E-state index contributed by atoms with van der Waals surface area (Å²) >= 11 is 5.23. The number of methoxy groups -OCH3 is 1. The number of ether oxygens (including phenoxy) is 1. The van der Waals surface area contributed by atoms with Gasteiger partial charge in [0.15, 0.2) is 0 Å². The van der Waals surface area contributed by atoms with Gasteiger partial charge in [0, 0.05) is 10.4 Å². The lowest BCUT2D eigenvalue weighted by atomic mass is 9.98. The minimum atomic E-state index is -0.149. The van der Waals surface area contributed by atoms with Gasteiger partial charge < -0.3 is 10.5 Å². The van der Waals surface area contributed by atoms with Crippen molar-refractivity contribution in [3.05, 3.63) is 49.1 Å². The van der Waals surface area contributed by atoms with Crippen molar-refractivity contribution >= 4 is 27.3 Å². The van der Waals surface area contributed by atoms with Gasteiger partial charge in [-0.3, -0.25) is 0 Å². The Morgan fingerprint density at radius 3 is 2.42 bits per heavy atom. The van der Waals surface area contributed by atoms with E-state index in [4.69, 9.17) is 10.5 Å². The van der Waals surface area contributed by atoms with E-state index in [-0.39, 0.29) is 6.04 Å². The third-order valence-corrected chi connectivity index (χ3v) is 5.65. The number of thiophene rings is 1. The highest BCUT2D eigenvalue weighted by molar-refractivity contribution is 9.11. The SMILES string of the molecule is COc1c(C(N)c2cc(C)c(Br)s2)ccc(C)c1C. The Balaban J connectivity index is 2.49. The fourth-order valence-corrected chi connectivity index (χ4v) is 3.71. The molecule has 1 unspecified atom stereocenters. The van der Waals surface area contributed by atoms with Gasteiger partial charge in [-0.15, -0.1) is 11.3 Å². The van der Waals surface area contributed by atoms with Gasteiger partial charge in [0.25, 0.3) is 0 Å². The average molecular weight is 340 g/mol. The van der Waals surface area contributed by atoms with Crippen LogP contribution in [0.2, 0.25) is 0 Å². The maximum Gasteiger partial charge on any atom is 0.127 e. The molecule has 1 aromatic carbocycles. The van der Waals surface area contributed by atoms with Crippen LogP contribution in [-0.2, 0) is 0 Å². The zero-order chi connectivity index (χ0) is 14.2. The quantitative estimate of drug-likeness (QED) is 0.893. The molecule has 2 aromatic rings. The van der Waals surface area contributed by atoms with Crippen molar-refractivity contribution in [3.63, 3.8) is 0 Å². The molecule has 0 saturated heterocycles. The van der Waals surface area contributed by atoms with E-state index in [1.54, 1.807) is 18.4 Å². The predicted molar refractivity (Wildman–Crippen MR) is 85.3 cm³/mol. The first kappa shape index (κ1) is 14.6. The van der Waals surface area contributed by atoms with Gasteiger partial charge in [0.1, 0.15) is 5.75 Å². The molecule has 19 heavy (non-hydrogen) atoms. The average Bonchev–Trinajstić information content (AvgIpc) is 2.72. The van der Waals surface area contributed by atoms with E-state index in [9.17, 15) is 0 Å². The summed E-state index contributed by atoms with van der Waals surface area (Å²) in [6, 6.07) is 6.15. The Morgan fingerprint density at radius 2 is 1.89 bits per heavy atom. The molecular weight excluding hydrogens is 322 g/mol. The third-order valence-electron chi connectivity index (χ3n) is 3.43. The Morgan fingerprint density at radius 1 is 1.21 bits per heavy atom. The highest BCUT2D eigenvalue weighted by atomic mass is 79.9. The van der Waals surface area contributed by atoms with Crippen LogP contribution in [-0.4, -0.2) is 7.11 Å². The Kier molecular flexibility index (Phi) is 4.33. The Hall–Kier alpha value is -0.840. The second-order valence-corrected chi connectivity index (χ2v) is 7.11. The molecule has 102 valence electrons. The summed E-state index contributed by atoms with van der Waals surface area (Å²) < 4.78 is 6.69. The molecular formula is C15H18BrNOS. The van der Waals surface area contributed by atoms with Crippen LogP contribution in [0.4, 0.5) is 0 Å². The minimum absolute atomic E-state index is 0.149. The fourth-order valence-electron chi connectivity index (χ4n) is 2.12. The highest BCUT2D eigenvalue weighted by Gasteiger charge is 2.19. The summed E-state index contributed by atoms with van der Waals surface area (Å²) in [6.45, 7) is 6.23. The van der Waals surface area contributed by atoms with Crippen LogP contribution in [0.5, 0.6) is 5.75 Å². The molecule has 0 spiro atoms. The zero-order valence-corrected chi connectivity index (χ0v) is 14.0. The van der Waals surface area contributed by atoms with Crippen molar-refractivity contribution in [1.29, 1.82) is 0 Å². The van der Waals surface area contributed by atoms with E-state index in [1.807, 2.05) is 0 Å². The molecule has 2 N–H and O–H groups in total. The summed E-state index contributed by atoms with van der Waals surface area (Å²) in [6.07, 6.45) is 0. The van der Waals surface area contributed by atoms with Crippen molar-refractivity contribution in [2.75, 3.05) is 7.11 Å². The number of rotatable bonds is 3. The van der Waals surface area contributed by atoms with Crippen LogP contribution >= 0.6 is 27.3 Å².